The van der Waals surface area contributed by atoms with Crippen LogP contribution < -0.4 is 5.73 Å². The summed E-state index contributed by atoms with van der Waals surface area (Å²) in [6.45, 7) is 5.33. The van der Waals surface area contributed by atoms with E-state index in [9.17, 15) is 4.79 Å². The third kappa shape index (κ3) is 6.12. The summed E-state index contributed by atoms with van der Waals surface area (Å²) in [5.41, 5.74) is 5.31. The maximum atomic E-state index is 10.7. The highest BCUT2D eigenvalue weighted by Crippen LogP contribution is 2.03. The fourth-order valence-electron chi connectivity index (χ4n) is 0.535. The van der Waals surface area contributed by atoms with Crippen LogP contribution >= 0.6 is 0 Å². The van der Waals surface area contributed by atoms with E-state index in [0.29, 0.717) is 6.42 Å². The first kappa shape index (κ1) is 11.4. The van der Waals surface area contributed by atoms with Crippen LogP contribution in [0.15, 0.2) is 0 Å². The second kappa shape index (κ2) is 4.42. The minimum atomic E-state index is -1.05. The van der Waals surface area contributed by atoms with Gasteiger partial charge in [0.1, 0.15) is 6.10 Å². The Labute approximate surface area is 72.7 Å². The molecular formula is C8H17NO3. The summed E-state index contributed by atoms with van der Waals surface area (Å²) in [5.74, 6) is -0.598. The summed E-state index contributed by atoms with van der Waals surface area (Å²) < 4.78 is 4.71. The minimum absolute atomic E-state index is 0.257. The molecule has 0 spiro atoms. The Morgan fingerprint density at radius 1 is 1.67 bits per heavy atom. The predicted molar refractivity (Wildman–Crippen MR) is 45.5 cm³/mol. The second-order valence-electron chi connectivity index (χ2n) is 3.58. The maximum Gasteiger partial charge on any atom is 0.334 e. The third-order valence-electron chi connectivity index (χ3n) is 1.33. The number of rotatable bonds is 4. The van der Waals surface area contributed by atoms with E-state index in [1.807, 2.05) is 13.8 Å². The molecule has 12 heavy (non-hydrogen) atoms. The number of hydrogen-bond acceptors (Lipinski definition) is 4. The Morgan fingerprint density at radius 2 is 2.17 bits per heavy atom. The molecule has 72 valence electrons. The van der Waals surface area contributed by atoms with Crippen molar-refractivity contribution in [2.24, 2.45) is 5.73 Å². The van der Waals surface area contributed by atoms with Gasteiger partial charge in [0.15, 0.2) is 0 Å². The Morgan fingerprint density at radius 3 is 2.50 bits per heavy atom. The van der Waals surface area contributed by atoms with Crippen LogP contribution in [0.25, 0.3) is 0 Å². The number of ether oxygens (including phenoxy) is 1. The lowest BCUT2D eigenvalue weighted by molar-refractivity contribution is -0.152. The molecule has 0 amide bonds. The van der Waals surface area contributed by atoms with E-state index in [1.54, 1.807) is 0 Å². The first-order valence-corrected chi connectivity index (χ1v) is 3.96. The van der Waals surface area contributed by atoms with Crippen LogP contribution in [-0.4, -0.2) is 29.3 Å². The maximum absolute atomic E-state index is 10.7. The van der Waals surface area contributed by atoms with Gasteiger partial charge in [-0.2, -0.15) is 0 Å². The topological polar surface area (TPSA) is 72.5 Å². The molecule has 0 aliphatic heterocycles. The Bertz CT molecular complexity index is 149. The molecule has 1 atom stereocenters. The van der Waals surface area contributed by atoms with Crippen molar-refractivity contribution in [1.82, 2.24) is 0 Å². The number of hydrogen-bond donors (Lipinski definition) is 2. The van der Waals surface area contributed by atoms with Gasteiger partial charge in [0.05, 0.1) is 6.61 Å². The molecule has 3 N–H and O–H groups in total. The zero-order valence-electron chi connectivity index (χ0n) is 7.83. The standard InChI is InChI=1S/C8H17NO3/c1-6(10)7(11)12-5-4-8(2,3)9/h6,10H,4-5,9H2,1-3H3. The van der Waals surface area contributed by atoms with Crippen molar-refractivity contribution in [2.45, 2.75) is 38.8 Å². The van der Waals surface area contributed by atoms with Crippen LogP contribution in [-0.2, 0) is 9.53 Å². The lowest BCUT2D eigenvalue weighted by atomic mass is 10.0. The second-order valence-corrected chi connectivity index (χ2v) is 3.58. The van der Waals surface area contributed by atoms with Crippen LogP contribution in [0.1, 0.15) is 27.2 Å². The third-order valence-corrected chi connectivity index (χ3v) is 1.33. The number of aliphatic hydroxyl groups excluding tert-OH is 1. The van der Waals surface area contributed by atoms with E-state index >= 15 is 0 Å². The van der Waals surface area contributed by atoms with E-state index < -0.39 is 12.1 Å². The van der Waals surface area contributed by atoms with Crippen LogP contribution in [0.5, 0.6) is 0 Å². The van der Waals surface area contributed by atoms with Gasteiger partial charge in [0, 0.05) is 5.54 Å². The summed E-state index contributed by atoms with van der Waals surface area (Å²) in [7, 11) is 0. The van der Waals surface area contributed by atoms with Gasteiger partial charge in [0.25, 0.3) is 0 Å². The van der Waals surface area contributed by atoms with Gasteiger partial charge in [-0.3, -0.25) is 0 Å². The Hall–Kier alpha value is -0.610. The number of carbonyl (C=O) groups is 1. The van der Waals surface area contributed by atoms with Crippen molar-refractivity contribution >= 4 is 5.97 Å². The fourth-order valence-corrected chi connectivity index (χ4v) is 0.535. The monoisotopic (exact) mass is 175 g/mol. The van der Waals surface area contributed by atoms with Gasteiger partial charge in [-0.25, -0.2) is 4.79 Å². The lowest BCUT2D eigenvalue weighted by Gasteiger charge is -2.17. The van der Waals surface area contributed by atoms with E-state index in [0.717, 1.165) is 0 Å². The molecule has 0 radical (unpaired) electrons. The predicted octanol–water partition coefficient (Wildman–Crippen LogP) is 0.0378. The average Bonchev–Trinajstić information content (AvgIpc) is 1.84. The van der Waals surface area contributed by atoms with Crippen LogP contribution in [0.4, 0.5) is 0 Å². The first-order valence-electron chi connectivity index (χ1n) is 3.96. The first-order chi connectivity index (χ1) is 5.33. The van der Waals surface area contributed by atoms with Gasteiger partial charge in [-0.15, -0.1) is 0 Å². The lowest BCUT2D eigenvalue weighted by Crippen LogP contribution is -2.34. The molecule has 0 aliphatic carbocycles. The van der Waals surface area contributed by atoms with Crippen molar-refractivity contribution < 1.29 is 14.6 Å². The van der Waals surface area contributed by atoms with Gasteiger partial charge >= 0.3 is 5.97 Å². The molecule has 4 heteroatoms. The Kier molecular flexibility index (Phi) is 4.20. The van der Waals surface area contributed by atoms with E-state index in [1.165, 1.54) is 6.92 Å². The molecular weight excluding hydrogens is 158 g/mol. The smallest absolute Gasteiger partial charge is 0.334 e. The molecule has 0 saturated carbocycles. The quantitative estimate of drug-likeness (QED) is 0.592. The van der Waals surface area contributed by atoms with Crippen LogP contribution in [0, 0.1) is 0 Å². The van der Waals surface area contributed by atoms with Crippen LogP contribution in [0.2, 0.25) is 0 Å². The summed E-state index contributed by atoms with van der Waals surface area (Å²) in [6.07, 6.45) is -0.461. The highest BCUT2D eigenvalue weighted by Gasteiger charge is 2.14. The molecule has 0 saturated heterocycles. The SMILES string of the molecule is CC(O)C(=O)OCCC(C)(C)N. The Balaban J connectivity index is 3.51. The van der Waals surface area contributed by atoms with E-state index in [4.69, 9.17) is 15.6 Å². The molecule has 0 aromatic heterocycles. The highest BCUT2D eigenvalue weighted by atomic mass is 16.5. The molecule has 1 unspecified atom stereocenters. The summed E-state index contributed by atoms with van der Waals surface area (Å²) in [4.78, 5) is 10.7. The van der Waals surface area contributed by atoms with Gasteiger partial charge < -0.3 is 15.6 Å². The minimum Gasteiger partial charge on any atom is -0.464 e. The van der Waals surface area contributed by atoms with Crippen molar-refractivity contribution in [2.75, 3.05) is 6.61 Å². The van der Waals surface area contributed by atoms with Crippen LogP contribution in [0.3, 0.4) is 0 Å². The molecule has 0 rings (SSSR count). The van der Waals surface area contributed by atoms with Crippen molar-refractivity contribution in [3.8, 4) is 0 Å². The normalized spacial score (nSPS) is 14.1. The van der Waals surface area contributed by atoms with Gasteiger partial charge in [-0.05, 0) is 27.2 Å². The highest BCUT2D eigenvalue weighted by molar-refractivity contribution is 5.73. The summed E-state index contributed by atoms with van der Waals surface area (Å²) in [5, 5.41) is 8.74. The number of nitrogens with two attached hydrogens (primary N) is 1. The van der Waals surface area contributed by atoms with Gasteiger partial charge in [0.2, 0.25) is 0 Å². The molecule has 0 aromatic rings. The zero-order chi connectivity index (χ0) is 9.78. The number of carbonyl (C=O) groups excluding carboxylic acids is 1. The van der Waals surface area contributed by atoms with E-state index in [-0.39, 0.29) is 12.1 Å². The molecule has 0 heterocycles. The molecule has 0 fully saturated rings. The molecule has 0 aromatic carbocycles. The number of esters is 1. The largest absolute Gasteiger partial charge is 0.464 e. The zero-order valence-corrected chi connectivity index (χ0v) is 7.83. The average molecular weight is 175 g/mol. The van der Waals surface area contributed by atoms with Crippen molar-refractivity contribution in [1.29, 1.82) is 0 Å². The van der Waals surface area contributed by atoms with Crippen molar-refractivity contribution in [3.63, 3.8) is 0 Å². The van der Waals surface area contributed by atoms with Crippen molar-refractivity contribution in [3.05, 3.63) is 0 Å². The molecule has 4 nitrogen and oxygen atoms in total. The number of aliphatic hydroxyl groups is 1. The molecule has 0 aliphatic rings. The fraction of sp³-hybridized carbons (Fsp3) is 0.875. The van der Waals surface area contributed by atoms with E-state index in [2.05, 4.69) is 0 Å². The molecule has 0 bridgehead atoms. The van der Waals surface area contributed by atoms with Gasteiger partial charge in [-0.1, -0.05) is 0 Å². The summed E-state index contributed by atoms with van der Waals surface area (Å²) in [6, 6.07) is 0. The summed E-state index contributed by atoms with van der Waals surface area (Å²) >= 11 is 0.